The van der Waals surface area contributed by atoms with Crippen LogP contribution in [-0.4, -0.2) is 43.8 Å². The second-order valence-corrected chi connectivity index (χ2v) is 6.06. The van der Waals surface area contributed by atoms with Crippen LogP contribution in [0.25, 0.3) is 0 Å². The van der Waals surface area contributed by atoms with E-state index >= 15 is 0 Å². The quantitative estimate of drug-likeness (QED) is 0.616. The van der Waals surface area contributed by atoms with Gasteiger partial charge >= 0.3 is 0 Å². The Bertz CT molecular complexity index is 318. The van der Waals surface area contributed by atoms with Gasteiger partial charge in [-0.25, -0.2) is 8.42 Å². The van der Waals surface area contributed by atoms with Gasteiger partial charge in [0.25, 0.3) is 0 Å². The van der Waals surface area contributed by atoms with E-state index in [1.807, 2.05) is 0 Å². The molecule has 0 aromatic heterocycles. The summed E-state index contributed by atoms with van der Waals surface area (Å²) < 4.78 is 22.1. The summed E-state index contributed by atoms with van der Waals surface area (Å²) in [4.78, 5) is 13.0. The maximum atomic E-state index is 11.3. The van der Waals surface area contributed by atoms with Crippen molar-refractivity contribution in [3.63, 3.8) is 0 Å². The Labute approximate surface area is 77.8 Å². The Balaban J connectivity index is 1.96. The van der Waals surface area contributed by atoms with Crippen LogP contribution in [0.3, 0.4) is 0 Å². The van der Waals surface area contributed by atoms with E-state index in [1.54, 1.807) is 4.90 Å². The smallest absolute Gasteiger partial charge is 0.237 e. The van der Waals surface area contributed by atoms with Crippen LogP contribution < -0.4 is 0 Å². The second kappa shape index (κ2) is 2.97. The fourth-order valence-electron chi connectivity index (χ4n) is 1.53. The Kier molecular flexibility index (Phi) is 2.06. The summed E-state index contributed by atoms with van der Waals surface area (Å²) in [5.74, 6) is 0.299. The average molecular weight is 203 g/mol. The third kappa shape index (κ3) is 2.21. The minimum Gasteiger partial charge on any atom is -0.341 e. The lowest BCUT2D eigenvalue weighted by Crippen LogP contribution is -2.45. The van der Waals surface area contributed by atoms with Gasteiger partial charge in [0.1, 0.15) is 5.75 Å². The van der Waals surface area contributed by atoms with Gasteiger partial charge in [-0.15, -0.1) is 0 Å². The van der Waals surface area contributed by atoms with Gasteiger partial charge in [0.15, 0.2) is 9.84 Å². The molecule has 0 aromatic rings. The van der Waals surface area contributed by atoms with Crippen molar-refractivity contribution in [1.82, 2.24) is 4.90 Å². The topological polar surface area (TPSA) is 54.5 Å². The third-order valence-electron chi connectivity index (χ3n) is 2.54. The first-order valence-electron chi connectivity index (χ1n) is 4.55. The molecule has 0 radical (unpaired) electrons. The molecule has 0 N–H and O–H groups in total. The minimum atomic E-state index is -3.07. The molecule has 2 rings (SSSR count). The van der Waals surface area contributed by atoms with Gasteiger partial charge in [0.05, 0.1) is 5.75 Å². The molecule has 1 aliphatic carbocycles. The zero-order chi connectivity index (χ0) is 9.47. The number of hydrogen-bond donors (Lipinski definition) is 0. The molecule has 1 heterocycles. The van der Waals surface area contributed by atoms with Crippen molar-refractivity contribution in [2.45, 2.75) is 12.8 Å². The first kappa shape index (κ1) is 8.99. The zero-order valence-corrected chi connectivity index (χ0v) is 8.22. The molecule has 2 aliphatic rings. The lowest BCUT2D eigenvalue weighted by atomic mass is 10.3. The molecule has 0 atom stereocenters. The molecule has 1 saturated carbocycles. The number of hydrogen-bond acceptors (Lipinski definition) is 3. The molecule has 0 bridgehead atoms. The standard InChI is InChI=1S/C8H13NO3S/c10-8-6-13(11,12)4-3-9(8)5-7-1-2-7/h7H,1-6H2. The minimum absolute atomic E-state index is 0.144. The van der Waals surface area contributed by atoms with Crippen LogP contribution in [0.1, 0.15) is 12.8 Å². The average Bonchev–Trinajstić information content (AvgIpc) is 2.77. The van der Waals surface area contributed by atoms with Crippen molar-refractivity contribution in [3.8, 4) is 0 Å². The molecular formula is C8H13NO3S. The van der Waals surface area contributed by atoms with E-state index in [2.05, 4.69) is 0 Å². The molecule has 1 aliphatic heterocycles. The highest BCUT2D eigenvalue weighted by molar-refractivity contribution is 7.92. The third-order valence-corrected chi connectivity index (χ3v) is 4.04. The Morgan fingerprint density at radius 1 is 1.38 bits per heavy atom. The highest BCUT2D eigenvalue weighted by Gasteiger charge is 2.32. The molecule has 0 unspecified atom stereocenters. The molecule has 13 heavy (non-hydrogen) atoms. The van der Waals surface area contributed by atoms with Gasteiger partial charge in [-0.05, 0) is 18.8 Å². The number of sulfone groups is 1. The van der Waals surface area contributed by atoms with Crippen LogP contribution in [0.5, 0.6) is 0 Å². The van der Waals surface area contributed by atoms with E-state index in [1.165, 1.54) is 12.8 Å². The maximum absolute atomic E-state index is 11.3. The van der Waals surface area contributed by atoms with E-state index in [4.69, 9.17) is 0 Å². The van der Waals surface area contributed by atoms with E-state index in [0.717, 1.165) is 6.54 Å². The Hall–Kier alpha value is -0.580. The first-order valence-corrected chi connectivity index (χ1v) is 6.37. The van der Waals surface area contributed by atoms with Gasteiger partial charge in [-0.3, -0.25) is 4.79 Å². The Morgan fingerprint density at radius 2 is 2.08 bits per heavy atom. The number of amides is 1. The molecule has 1 saturated heterocycles. The molecule has 4 nitrogen and oxygen atoms in total. The molecule has 5 heteroatoms. The van der Waals surface area contributed by atoms with Gasteiger partial charge in [0, 0.05) is 13.1 Å². The lowest BCUT2D eigenvalue weighted by Gasteiger charge is -2.26. The fourth-order valence-corrected chi connectivity index (χ4v) is 2.73. The summed E-state index contributed by atoms with van der Waals surface area (Å²) in [5, 5.41) is 0. The fraction of sp³-hybridized carbons (Fsp3) is 0.875. The number of carbonyl (C=O) groups is 1. The van der Waals surface area contributed by atoms with E-state index in [0.29, 0.717) is 12.5 Å². The van der Waals surface area contributed by atoms with Crippen LogP contribution in [0.2, 0.25) is 0 Å². The summed E-state index contributed by atoms with van der Waals surface area (Å²) >= 11 is 0. The van der Waals surface area contributed by atoms with Crippen LogP contribution in [-0.2, 0) is 14.6 Å². The van der Waals surface area contributed by atoms with Crippen molar-refractivity contribution < 1.29 is 13.2 Å². The number of carbonyl (C=O) groups excluding carboxylic acids is 1. The summed E-state index contributed by atoms with van der Waals surface area (Å²) in [5.41, 5.74) is 0. The van der Waals surface area contributed by atoms with E-state index < -0.39 is 9.84 Å². The molecule has 74 valence electrons. The molecular weight excluding hydrogens is 190 g/mol. The monoisotopic (exact) mass is 203 g/mol. The SMILES string of the molecule is O=C1CS(=O)(=O)CCN1CC1CC1. The Morgan fingerprint density at radius 3 is 2.62 bits per heavy atom. The molecule has 0 aromatic carbocycles. The van der Waals surface area contributed by atoms with Crippen LogP contribution in [0.4, 0.5) is 0 Å². The predicted octanol–water partition coefficient (Wildman–Crippen LogP) is -0.347. The second-order valence-electron chi connectivity index (χ2n) is 3.88. The normalized spacial score (nSPS) is 27.7. The van der Waals surface area contributed by atoms with E-state index in [9.17, 15) is 13.2 Å². The first-order chi connectivity index (χ1) is 6.07. The molecule has 0 spiro atoms. The summed E-state index contributed by atoms with van der Waals surface area (Å²) in [6.07, 6.45) is 2.38. The van der Waals surface area contributed by atoms with Crippen LogP contribution >= 0.6 is 0 Å². The van der Waals surface area contributed by atoms with Gasteiger partial charge in [-0.1, -0.05) is 0 Å². The van der Waals surface area contributed by atoms with Gasteiger partial charge in [-0.2, -0.15) is 0 Å². The van der Waals surface area contributed by atoms with E-state index in [-0.39, 0.29) is 17.4 Å². The van der Waals surface area contributed by atoms with Crippen molar-refractivity contribution in [2.24, 2.45) is 5.92 Å². The lowest BCUT2D eigenvalue weighted by molar-refractivity contribution is -0.128. The maximum Gasteiger partial charge on any atom is 0.237 e. The van der Waals surface area contributed by atoms with Crippen LogP contribution in [0.15, 0.2) is 0 Å². The summed E-state index contributed by atoms with van der Waals surface area (Å²) in [6, 6.07) is 0. The van der Waals surface area contributed by atoms with Gasteiger partial charge < -0.3 is 4.90 Å². The number of rotatable bonds is 2. The molecule has 1 amide bonds. The zero-order valence-electron chi connectivity index (χ0n) is 7.40. The highest BCUT2D eigenvalue weighted by Crippen LogP contribution is 2.30. The summed E-state index contributed by atoms with van der Waals surface area (Å²) in [6.45, 7) is 1.17. The van der Waals surface area contributed by atoms with Crippen molar-refractivity contribution in [1.29, 1.82) is 0 Å². The molecule has 2 fully saturated rings. The largest absolute Gasteiger partial charge is 0.341 e. The van der Waals surface area contributed by atoms with Crippen molar-refractivity contribution >= 4 is 15.7 Å². The predicted molar refractivity (Wildman–Crippen MR) is 48.0 cm³/mol. The highest BCUT2D eigenvalue weighted by atomic mass is 32.2. The van der Waals surface area contributed by atoms with Crippen molar-refractivity contribution in [3.05, 3.63) is 0 Å². The van der Waals surface area contributed by atoms with Crippen LogP contribution in [0, 0.1) is 5.92 Å². The summed E-state index contributed by atoms with van der Waals surface area (Å²) in [7, 11) is -3.07. The van der Waals surface area contributed by atoms with Crippen molar-refractivity contribution in [2.75, 3.05) is 24.6 Å². The number of nitrogens with zero attached hydrogens (tertiary/aromatic N) is 1. The van der Waals surface area contributed by atoms with Gasteiger partial charge in [0.2, 0.25) is 5.91 Å².